The molecule has 3 aromatic rings. The van der Waals surface area contributed by atoms with Crippen molar-refractivity contribution in [2.75, 3.05) is 26.7 Å². The summed E-state index contributed by atoms with van der Waals surface area (Å²) in [4.78, 5) is 19.1. The summed E-state index contributed by atoms with van der Waals surface area (Å²) in [6.07, 6.45) is 4.43. The smallest absolute Gasteiger partial charge is 0.249 e. The lowest BCUT2D eigenvalue weighted by Crippen LogP contribution is -2.48. The lowest BCUT2D eigenvalue weighted by atomic mass is 9.73. The minimum absolute atomic E-state index is 0.0485. The minimum atomic E-state index is -1.52. The van der Waals surface area contributed by atoms with Crippen molar-refractivity contribution in [2.24, 2.45) is 5.41 Å². The molecule has 0 radical (unpaired) electrons. The van der Waals surface area contributed by atoms with Gasteiger partial charge >= 0.3 is 0 Å². The molecule has 4 rings (SSSR count). The number of fused-ring (bicyclic) bond motifs is 1. The maximum absolute atomic E-state index is 13.4. The molecule has 0 saturated carbocycles. The van der Waals surface area contributed by atoms with Crippen molar-refractivity contribution in [2.45, 2.75) is 32.1 Å². The monoisotopic (exact) mass is 545 g/mol. The molecule has 2 aromatic carbocycles. The predicted octanol–water partition coefficient (Wildman–Crippen LogP) is 5.28. The molecule has 38 heavy (non-hydrogen) atoms. The van der Waals surface area contributed by atoms with Gasteiger partial charge in [0.15, 0.2) is 17.5 Å². The lowest BCUT2D eigenvalue weighted by molar-refractivity contribution is -0.143. The number of nitrogens with zero attached hydrogens (tertiary/aromatic N) is 2. The molecule has 2 N–H and O–H groups in total. The van der Waals surface area contributed by atoms with Crippen LogP contribution in [0.3, 0.4) is 0 Å². The fraction of sp³-hybridized carbons (Fsp3) is 0.357. The second-order valence-corrected chi connectivity index (χ2v) is 9.78. The Morgan fingerprint density at radius 1 is 1.21 bits per heavy atom. The van der Waals surface area contributed by atoms with Gasteiger partial charge in [-0.3, -0.25) is 19.9 Å². The third kappa shape index (κ3) is 6.04. The molecule has 1 fully saturated rings. The van der Waals surface area contributed by atoms with E-state index in [0.717, 1.165) is 28.6 Å². The molecular formula is C28H27ClF3N3O3. The second kappa shape index (κ2) is 12.0. The first kappa shape index (κ1) is 27.7. The van der Waals surface area contributed by atoms with E-state index in [4.69, 9.17) is 16.3 Å². The fourth-order valence-electron chi connectivity index (χ4n) is 4.92. The van der Waals surface area contributed by atoms with Gasteiger partial charge in [0.25, 0.3) is 0 Å². The minimum Gasteiger partial charge on any atom is -0.497 e. The molecule has 1 amide bonds. The number of carbonyl (C=O) groups is 1. The Kier molecular flexibility index (Phi) is 8.77. The van der Waals surface area contributed by atoms with E-state index < -0.39 is 28.8 Å². The summed E-state index contributed by atoms with van der Waals surface area (Å²) >= 11 is 6.48. The van der Waals surface area contributed by atoms with Gasteiger partial charge in [-0.2, -0.15) is 0 Å². The number of ether oxygens (including phenoxy) is 1. The maximum Gasteiger partial charge on any atom is 0.249 e. The van der Waals surface area contributed by atoms with Crippen molar-refractivity contribution in [1.82, 2.24) is 15.4 Å². The standard InChI is InChI=1S/C28H27ClF3N3O3/c1-38-19-6-7-25-21(16-19)20(22(29)17-33-25)5-2-8-28(27(36)34-37)9-12-35(13-10-28)11-3-4-18-14-23(30)26(32)24(31)15-18/h6-7,14-17,37H,2,5,8-13H2,1H3,(H,34,36). The highest BCUT2D eigenvalue weighted by atomic mass is 35.5. The maximum atomic E-state index is 13.4. The molecular weight excluding hydrogens is 519 g/mol. The summed E-state index contributed by atoms with van der Waals surface area (Å²) in [5.74, 6) is 1.69. The number of aromatic nitrogens is 1. The number of methoxy groups -OCH3 is 1. The van der Waals surface area contributed by atoms with Gasteiger partial charge < -0.3 is 4.74 Å². The van der Waals surface area contributed by atoms with Crippen molar-refractivity contribution >= 4 is 28.4 Å². The molecule has 0 bridgehead atoms. The topological polar surface area (TPSA) is 74.7 Å². The third-order valence-electron chi connectivity index (χ3n) is 7.13. The number of halogens is 4. The van der Waals surface area contributed by atoms with E-state index in [1.165, 1.54) is 0 Å². The molecule has 200 valence electrons. The Bertz CT molecular complexity index is 1380. The second-order valence-electron chi connectivity index (χ2n) is 9.37. The quantitative estimate of drug-likeness (QED) is 0.183. The SMILES string of the molecule is COc1ccc2ncc(Cl)c(CCCC3(C(=O)NO)CCN(CC#Cc4cc(F)c(F)c(F)c4)CC3)c2c1. The summed E-state index contributed by atoms with van der Waals surface area (Å²) in [5, 5.41) is 10.9. The van der Waals surface area contributed by atoms with E-state index in [-0.39, 0.29) is 5.56 Å². The third-order valence-corrected chi connectivity index (χ3v) is 7.46. The molecule has 1 aromatic heterocycles. The number of carbonyl (C=O) groups excluding carboxylic acids is 1. The van der Waals surface area contributed by atoms with Crippen LogP contribution in [-0.4, -0.2) is 47.7 Å². The molecule has 1 aliphatic rings. The van der Waals surface area contributed by atoms with E-state index in [0.29, 0.717) is 62.5 Å². The molecule has 1 saturated heterocycles. The number of nitrogens with one attached hydrogen (secondary N) is 1. The molecule has 1 aliphatic heterocycles. The Morgan fingerprint density at radius 2 is 1.92 bits per heavy atom. The normalized spacial score (nSPS) is 15.1. The number of piperidine rings is 1. The van der Waals surface area contributed by atoms with Gasteiger partial charge in [0, 0.05) is 30.2 Å². The van der Waals surface area contributed by atoms with Crippen LogP contribution in [0, 0.1) is 34.7 Å². The Morgan fingerprint density at radius 3 is 2.58 bits per heavy atom. The van der Waals surface area contributed by atoms with E-state index in [1.54, 1.807) is 13.3 Å². The molecule has 0 atom stereocenters. The zero-order valence-electron chi connectivity index (χ0n) is 20.8. The Labute approximate surface area is 223 Å². The van der Waals surface area contributed by atoms with E-state index in [9.17, 15) is 23.2 Å². The molecule has 0 unspecified atom stereocenters. The van der Waals surface area contributed by atoms with Crippen LogP contribution in [0.1, 0.15) is 36.8 Å². The number of hydrogen-bond donors (Lipinski definition) is 2. The van der Waals surface area contributed by atoms with Crippen molar-refractivity contribution in [3.63, 3.8) is 0 Å². The van der Waals surface area contributed by atoms with Crippen LogP contribution in [0.15, 0.2) is 36.5 Å². The van der Waals surface area contributed by atoms with Gasteiger partial charge in [0.2, 0.25) is 5.91 Å². The van der Waals surface area contributed by atoms with Crippen LogP contribution < -0.4 is 10.2 Å². The summed E-state index contributed by atoms with van der Waals surface area (Å²) in [6.45, 7) is 1.41. The summed E-state index contributed by atoms with van der Waals surface area (Å²) in [6, 6.07) is 7.31. The average molecular weight is 546 g/mol. The highest BCUT2D eigenvalue weighted by molar-refractivity contribution is 6.32. The van der Waals surface area contributed by atoms with Gasteiger partial charge in [0.1, 0.15) is 5.75 Å². The first-order valence-electron chi connectivity index (χ1n) is 12.2. The van der Waals surface area contributed by atoms with Gasteiger partial charge in [0.05, 0.1) is 29.6 Å². The van der Waals surface area contributed by atoms with Crippen LogP contribution in [0.4, 0.5) is 13.2 Å². The van der Waals surface area contributed by atoms with Crippen LogP contribution in [0.25, 0.3) is 10.9 Å². The largest absolute Gasteiger partial charge is 0.497 e. The number of rotatable bonds is 7. The van der Waals surface area contributed by atoms with E-state index in [1.807, 2.05) is 28.6 Å². The lowest BCUT2D eigenvalue weighted by Gasteiger charge is -2.39. The zero-order valence-corrected chi connectivity index (χ0v) is 21.5. The Balaban J connectivity index is 1.40. The summed E-state index contributed by atoms with van der Waals surface area (Å²) in [5.41, 5.74) is 2.86. The summed E-state index contributed by atoms with van der Waals surface area (Å²) < 4.78 is 45.3. The highest BCUT2D eigenvalue weighted by Gasteiger charge is 2.40. The van der Waals surface area contributed by atoms with Crippen molar-refractivity contribution in [1.29, 1.82) is 0 Å². The number of aryl methyl sites for hydroxylation is 1. The number of hydroxylamine groups is 1. The first-order chi connectivity index (χ1) is 18.3. The van der Waals surface area contributed by atoms with Gasteiger partial charge in [-0.25, -0.2) is 18.7 Å². The fourth-order valence-corrected chi connectivity index (χ4v) is 5.16. The molecule has 0 spiro atoms. The van der Waals surface area contributed by atoms with Crippen LogP contribution in [0.2, 0.25) is 5.02 Å². The van der Waals surface area contributed by atoms with E-state index >= 15 is 0 Å². The number of pyridine rings is 1. The van der Waals surface area contributed by atoms with Crippen LogP contribution in [-0.2, 0) is 11.2 Å². The van der Waals surface area contributed by atoms with Gasteiger partial charge in [-0.05, 0) is 68.0 Å². The zero-order chi connectivity index (χ0) is 27.3. The van der Waals surface area contributed by atoms with Gasteiger partial charge in [-0.15, -0.1) is 0 Å². The first-order valence-corrected chi connectivity index (χ1v) is 12.6. The van der Waals surface area contributed by atoms with E-state index in [2.05, 4.69) is 16.8 Å². The summed E-state index contributed by atoms with van der Waals surface area (Å²) in [7, 11) is 1.59. The Hall–Kier alpha value is -3.32. The highest BCUT2D eigenvalue weighted by Crippen LogP contribution is 2.38. The molecule has 6 nitrogen and oxygen atoms in total. The van der Waals surface area contributed by atoms with Crippen molar-refractivity contribution < 1.29 is 27.9 Å². The van der Waals surface area contributed by atoms with Crippen molar-refractivity contribution in [3.8, 4) is 17.6 Å². The number of likely N-dealkylation sites (tertiary alicyclic amines) is 1. The van der Waals surface area contributed by atoms with Crippen molar-refractivity contribution in [3.05, 3.63) is 70.1 Å². The molecule has 2 heterocycles. The number of hydrogen-bond acceptors (Lipinski definition) is 5. The van der Waals surface area contributed by atoms with Gasteiger partial charge in [-0.1, -0.05) is 23.4 Å². The van der Waals surface area contributed by atoms with Crippen LogP contribution >= 0.6 is 11.6 Å². The molecule has 10 heteroatoms. The number of benzene rings is 2. The molecule has 0 aliphatic carbocycles. The predicted molar refractivity (Wildman–Crippen MR) is 137 cm³/mol. The average Bonchev–Trinajstić information content (AvgIpc) is 2.93. The van der Waals surface area contributed by atoms with Crippen LogP contribution in [0.5, 0.6) is 5.75 Å². The number of amides is 1.